The number of aromatic nitrogens is 3. The largest absolute Gasteiger partial charge is 0.495 e. The minimum atomic E-state index is -3.69. The molecule has 1 fully saturated rings. The van der Waals surface area contributed by atoms with E-state index < -0.39 is 10.0 Å². The highest BCUT2D eigenvalue weighted by atomic mass is 32.2. The number of anilines is 1. The molecule has 1 amide bonds. The molecular weight excluding hydrogens is 454 g/mol. The number of ether oxygens (including phenoxy) is 1. The van der Waals surface area contributed by atoms with Crippen LogP contribution in [-0.2, 0) is 14.8 Å². The molecule has 0 unspecified atom stereocenters. The van der Waals surface area contributed by atoms with Crippen molar-refractivity contribution >= 4 is 32.7 Å². The number of methoxy groups -OCH3 is 1. The summed E-state index contributed by atoms with van der Waals surface area (Å²) in [6.07, 6.45) is 1.80. The number of nitrogens with one attached hydrogen (secondary N) is 1. The van der Waals surface area contributed by atoms with E-state index in [2.05, 4.69) is 22.6 Å². The Balaban J connectivity index is 1.44. The fourth-order valence-corrected chi connectivity index (χ4v) is 5.73. The summed E-state index contributed by atoms with van der Waals surface area (Å²) in [5.41, 5.74) is 3.01. The van der Waals surface area contributed by atoms with Gasteiger partial charge in [0.15, 0.2) is 0 Å². The second-order valence-electron chi connectivity index (χ2n) is 8.81. The van der Waals surface area contributed by atoms with Crippen LogP contribution in [0.4, 0.5) is 5.69 Å². The van der Waals surface area contributed by atoms with Crippen LogP contribution < -0.4 is 10.1 Å². The molecule has 1 saturated heterocycles. The van der Waals surface area contributed by atoms with Crippen LogP contribution in [0.2, 0.25) is 0 Å². The van der Waals surface area contributed by atoms with Crippen LogP contribution in [0.15, 0.2) is 41.3 Å². The van der Waals surface area contributed by atoms with Gasteiger partial charge < -0.3 is 10.1 Å². The topological polar surface area (TPSA) is 106 Å². The number of carbonyl (C=O) groups excluding carboxylic acids is 1. The summed E-state index contributed by atoms with van der Waals surface area (Å²) in [4.78, 5) is 13.0. The van der Waals surface area contributed by atoms with E-state index >= 15 is 0 Å². The van der Waals surface area contributed by atoms with Crippen LogP contribution in [0.25, 0.3) is 11.0 Å². The lowest BCUT2D eigenvalue weighted by molar-refractivity contribution is -0.120. The van der Waals surface area contributed by atoms with Gasteiger partial charge in [0.2, 0.25) is 15.9 Å². The van der Waals surface area contributed by atoms with Crippen molar-refractivity contribution in [2.45, 2.75) is 51.0 Å². The van der Waals surface area contributed by atoms with E-state index in [0.717, 1.165) is 17.5 Å². The third-order valence-electron chi connectivity index (χ3n) is 6.53. The molecule has 1 N–H and O–H groups in total. The van der Waals surface area contributed by atoms with Gasteiger partial charge in [-0.15, -0.1) is 5.10 Å². The molecule has 1 aromatic heterocycles. The highest BCUT2D eigenvalue weighted by Crippen LogP contribution is 2.29. The SMILES string of the molecule is CC[C@@H](C)n1nnc2cc(S(=O)(=O)N3CCC(C(=O)Nc4cc(C)ccc4OC)CC3)ccc21. The van der Waals surface area contributed by atoms with E-state index in [1.807, 2.05) is 36.7 Å². The van der Waals surface area contributed by atoms with Crippen molar-refractivity contribution in [3.8, 4) is 5.75 Å². The fourth-order valence-electron chi connectivity index (χ4n) is 4.24. The molecular formula is C24H31N5O4S. The molecule has 0 radical (unpaired) electrons. The highest BCUT2D eigenvalue weighted by Gasteiger charge is 2.32. The first-order chi connectivity index (χ1) is 16.2. The van der Waals surface area contributed by atoms with Crippen LogP contribution in [0.5, 0.6) is 5.75 Å². The first-order valence-electron chi connectivity index (χ1n) is 11.5. The normalized spacial score (nSPS) is 16.5. The predicted octanol–water partition coefficient (Wildman–Crippen LogP) is 3.76. The van der Waals surface area contributed by atoms with E-state index in [0.29, 0.717) is 29.8 Å². The van der Waals surface area contributed by atoms with Gasteiger partial charge in [0.1, 0.15) is 11.3 Å². The summed E-state index contributed by atoms with van der Waals surface area (Å²) in [6, 6.07) is 10.7. The van der Waals surface area contributed by atoms with Crippen LogP contribution in [0.1, 0.15) is 44.7 Å². The lowest BCUT2D eigenvalue weighted by Crippen LogP contribution is -2.41. The van der Waals surface area contributed by atoms with Crippen LogP contribution >= 0.6 is 0 Å². The van der Waals surface area contributed by atoms with Gasteiger partial charge >= 0.3 is 0 Å². The Morgan fingerprint density at radius 3 is 2.62 bits per heavy atom. The molecule has 182 valence electrons. The smallest absolute Gasteiger partial charge is 0.243 e. The Morgan fingerprint density at radius 1 is 1.21 bits per heavy atom. The molecule has 0 saturated carbocycles. The lowest BCUT2D eigenvalue weighted by Gasteiger charge is -2.30. The minimum absolute atomic E-state index is 0.121. The molecule has 0 aliphatic carbocycles. The Bertz CT molecular complexity index is 1300. The number of carbonyl (C=O) groups is 1. The molecule has 10 heteroatoms. The first-order valence-corrected chi connectivity index (χ1v) is 13.0. The second-order valence-corrected chi connectivity index (χ2v) is 10.8. The summed E-state index contributed by atoms with van der Waals surface area (Å²) in [5, 5.41) is 11.3. The van der Waals surface area contributed by atoms with Gasteiger partial charge in [-0.2, -0.15) is 4.31 Å². The van der Waals surface area contributed by atoms with Gasteiger partial charge in [-0.25, -0.2) is 13.1 Å². The van der Waals surface area contributed by atoms with Crippen molar-refractivity contribution < 1.29 is 17.9 Å². The molecule has 4 rings (SSSR count). The molecule has 3 aromatic rings. The summed E-state index contributed by atoms with van der Waals surface area (Å²) >= 11 is 0. The maximum atomic E-state index is 13.3. The number of hydrogen-bond acceptors (Lipinski definition) is 6. The molecule has 9 nitrogen and oxygen atoms in total. The zero-order valence-corrected chi connectivity index (χ0v) is 20.8. The minimum Gasteiger partial charge on any atom is -0.495 e. The lowest BCUT2D eigenvalue weighted by atomic mass is 9.97. The monoisotopic (exact) mass is 485 g/mol. The second kappa shape index (κ2) is 9.71. The Morgan fingerprint density at radius 2 is 1.94 bits per heavy atom. The number of aryl methyl sites for hydroxylation is 1. The van der Waals surface area contributed by atoms with Crippen LogP contribution in [0, 0.1) is 12.8 Å². The van der Waals surface area contributed by atoms with Crippen molar-refractivity contribution in [3.63, 3.8) is 0 Å². The zero-order chi connectivity index (χ0) is 24.5. The zero-order valence-electron chi connectivity index (χ0n) is 20.0. The van der Waals surface area contributed by atoms with Crippen molar-refractivity contribution in [1.29, 1.82) is 0 Å². The average molecular weight is 486 g/mol. The number of rotatable bonds is 7. The van der Waals surface area contributed by atoms with Gasteiger partial charge in [-0.1, -0.05) is 18.2 Å². The summed E-state index contributed by atoms with van der Waals surface area (Å²) in [6.45, 7) is 6.62. The third-order valence-corrected chi connectivity index (χ3v) is 8.42. The van der Waals surface area contributed by atoms with Crippen molar-refractivity contribution in [1.82, 2.24) is 19.3 Å². The number of sulfonamides is 1. The number of amides is 1. The maximum Gasteiger partial charge on any atom is 0.243 e. The molecule has 1 aliphatic rings. The molecule has 2 aromatic carbocycles. The van der Waals surface area contributed by atoms with Gasteiger partial charge in [0, 0.05) is 19.0 Å². The molecule has 0 spiro atoms. The number of nitrogens with zero attached hydrogens (tertiary/aromatic N) is 4. The average Bonchev–Trinajstić information content (AvgIpc) is 3.27. The van der Waals surface area contributed by atoms with Gasteiger partial charge in [-0.3, -0.25) is 4.79 Å². The predicted molar refractivity (Wildman–Crippen MR) is 130 cm³/mol. The Kier molecular flexibility index (Phi) is 6.90. The van der Waals surface area contributed by atoms with E-state index in [1.54, 1.807) is 25.3 Å². The molecule has 2 heterocycles. The summed E-state index contributed by atoms with van der Waals surface area (Å²) in [7, 11) is -2.13. The summed E-state index contributed by atoms with van der Waals surface area (Å²) in [5.74, 6) is 0.207. The van der Waals surface area contributed by atoms with Crippen molar-refractivity contribution in [2.75, 3.05) is 25.5 Å². The molecule has 1 atom stereocenters. The Labute approximate surface area is 200 Å². The van der Waals surface area contributed by atoms with Gasteiger partial charge in [0.25, 0.3) is 0 Å². The number of hydrogen-bond donors (Lipinski definition) is 1. The van der Waals surface area contributed by atoms with Gasteiger partial charge in [0.05, 0.1) is 29.3 Å². The fraction of sp³-hybridized carbons (Fsp3) is 0.458. The van der Waals surface area contributed by atoms with E-state index in [-0.39, 0.29) is 35.9 Å². The quantitative estimate of drug-likeness (QED) is 0.546. The van der Waals surface area contributed by atoms with Crippen LogP contribution in [0.3, 0.4) is 0 Å². The first kappa shape index (κ1) is 24.2. The van der Waals surface area contributed by atoms with Crippen molar-refractivity contribution in [2.24, 2.45) is 5.92 Å². The molecule has 0 bridgehead atoms. The van der Waals surface area contributed by atoms with E-state index in [4.69, 9.17) is 4.74 Å². The van der Waals surface area contributed by atoms with E-state index in [1.165, 1.54) is 4.31 Å². The number of benzene rings is 2. The van der Waals surface area contributed by atoms with Crippen molar-refractivity contribution in [3.05, 3.63) is 42.0 Å². The van der Waals surface area contributed by atoms with Crippen LogP contribution in [-0.4, -0.2) is 53.8 Å². The highest BCUT2D eigenvalue weighted by molar-refractivity contribution is 7.89. The van der Waals surface area contributed by atoms with E-state index in [9.17, 15) is 13.2 Å². The molecule has 1 aliphatic heterocycles. The molecule has 34 heavy (non-hydrogen) atoms. The number of piperidine rings is 1. The third kappa shape index (κ3) is 4.65. The van der Waals surface area contributed by atoms with Gasteiger partial charge in [-0.05, 0) is 69.0 Å². The maximum absolute atomic E-state index is 13.3. The Hall–Kier alpha value is -2.98. The standard InChI is InChI=1S/C24H31N5O4S/c1-5-17(3)29-22-8-7-19(15-20(22)26-27-29)34(31,32)28-12-10-18(11-13-28)24(30)25-21-14-16(2)6-9-23(21)33-4/h6-9,14-15,17-18H,5,10-13H2,1-4H3,(H,25,30)/t17-/m1/s1. The number of fused-ring (bicyclic) bond motifs is 1. The summed E-state index contributed by atoms with van der Waals surface area (Å²) < 4.78 is 35.1.